The Labute approximate surface area is 169 Å². The van der Waals surface area contributed by atoms with Crippen LogP contribution in [0.5, 0.6) is 0 Å². The van der Waals surface area contributed by atoms with Crippen molar-refractivity contribution in [2.45, 2.75) is 50.2 Å². The Morgan fingerprint density at radius 1 is 1.00 bits per heavy atom. The average molecular weight is 422 g/mol. The van der Waals surface area contributed by atoms with Gasteiger partial charge in [0.2, 0.25) is 17.7 Å². The number of thiol groups is 1. The summed E-state index contributed by atoms with van der Waals surface area (Å²) in [7, 11) is 0. The minimum Gasteiger partial charge on any atom is -0.480 e. The van der Waals surface area contributed by atoms with Gasteiger partial charge in [-0.15, -0.1) is 0 Å². The molecule has 0 heterocycles. The summed E-state index contributed by atoms with van der Waals surface area (Å²) in [4.78, 5) is 47.1. The summed E-state index contributed by atoms with van der Waals surface area (Å²) in [5, 5.41) is 25.1. The second kappa shape index (κ2) is 15.1. The van der Waals surface area contributed by atoms with E-state index in [1.54, 1.807) is 0 Å². The summed E-state index contributed by atoms with van der Waals surface area (Å²) >= 11 is 3.98. The number of nitrogens with two attached hydrogens (primary N) is 2. The Hall–Kier alpha value is -1.89. The van der Waals surface area contributed by atoms with Gasteiger partial charge in [0.05, 0.1) is 12.6 Å². The summed E-state index contributed by atoms with van der Waals surface area (Å²) in [5.41, 5.74) is 11.1. The van der Waals surface area contributed by atoms with Crippen molar-refractivity contribution in [3.8, 4) is 0 Å². The van der Waals surface area contributed by atoms with Gasteiger partial charge in [0.1, 0.15) is 12.1 Å². The average Bonchev–Trinajstić information content (AvgIpc) is 2.66. The summed E-state index contributed by atoms with van der Waals surface area (Å²) in [6.45, 7) is 0.275. The van der Waals surface area contributed by atoms with Crippen molar-refractivity contribution in [3.63, 3.8) is 0 Å². The molecule has 0 spiro atoms. The number of aliphatic carboxylic acids is 1. The highest BCUT2D eigenvalue weighted by Gasteiger charge is 2.25. The van der Waals surface area contributed by atoms with Gasteiger partial charge in [-0.1, -0.05) is 6.42 Å². The minimum absolute atomic E-state index is 0.0275. The molecule has 0 unspecified atom stereocenters. The first-order valence-corrected chi connectivity index (χ1v) is 9.67. The lowest BCUT2D eigenvalue weighted by atomic mass is 10.1. The van der Waals surface area contributed by atoms with E-state index >= 15 is 0 Å². The first kappa shape index (κ1) is 26.1. The summed E-state index contributed by atoms with van der Waals surface area (Å²) in [6.07, 6.45) is 1.34. The zero-order valence-corrected chi connectivity index (χ0v) is 16.6. The molecule has 0 aliphatic rings. The third-order valence-electron chi connectivity index (χ3n) is 3.83. The molecule has 0 aliphatic carbocycles. The van der Waals surface area contributed by atoms with E-state index in [0.29, 0.717) is 25.8 Å². The van der Waals surface area contributed by atoms with Crippen LogP contribution in [-0.4, -0.2) is 77.5 Å². The topological polar surface area (TPSA) is 197 Å². The molecule has 28 heavy (non-hydrogen) atoms. The molecule has 0 aromatic carbocycles. The number of amides is 3. The van der Waals surface area contributed by atoms with Crippen molar-refractivity contribution in [1.29, 1.82) is 0 Å². The lowest BCUT2D eigenvalue weighted by Gasteiger charge is -2.19. The zero-order valence-electron chi connectivity index (χ0n) is 15.7. The van der Waals surface area contributed by atoms with Gasteiger partial charge in [-0.25, -0.2) is 4.79 Å². The van der Waals surface area contributed by atoms with Crippen LogP contribution in [-0.2, 0) is 19.2 Å². The number of rotatable bonds is 15. The maximum atomic E-state index is 12.0. The van der Waals surface area contributed by atoms with Crippen molar-refractivity contribution < 1.29 is 29.4 Å². The normalized spacial score (nSPS) is 13.9. The van der Waals surface area contributed by atoms with Crippen LogP contribution in [0, 0.1) is 0 Å². The second-order valence-electron chi connectivity index (χ2n) is 6.15. The monoisotopic (exact) mass is 421 g/mol. The number of carbonyl (C=O) groups is 4. The smallest absolute Gasteiger partial charge is 0.326 e. The fourth-order valence-corrected chi connectivity index (χ4v) is 2.47. The zero-order chi connectivity index (χ0) is 21.5. The van der Waals surface area contributed by atoms with Crippen molar-refractivity contribution in [2.75, 3.05) is 25.4 Å². The van der Waals surface area contributed by atoms with Crippen molar-refractivity contribution in [2.24, 2.45) is 11.5 Å². The van der Waals surface area contributed by atoms with Gasteiger partial charge in [0.15, 0.2) is 0 Å². The minimum atomic E-state index is -1.29. The van der Waals surface area contributed by atoms with Crippen LogP contribution in [0.25, 0.3) is 0 Å². The number of carboxylic acids is 1. The summed E-state index contributed by atoms with van der Waals surface area (Å²) < 4.78 is 0. The van der Waals surface area contributed by atoms with Gasteiger partial charge in [0.25, 0.3) is 0 Å². The van der Waals surface area contributed by atoms with Crippen LogP contribution in [0.15, 0.2) is 0 Å². The van der Waals surface area contributed by atoms with Crippen molar-refractivity contribution in [1.82, 2.24) is 16.0 Å². The maximum Gasteiger partial charge on any atom is 0.326 e. The standard InChI is InChI=1S/C16H31N5O6S/c17-6-2-1-3-10(18)14(24)21-11(16(26)27)4-5-13(23)20-12(9-28)15(25)19-7-8-22/h10-12,22,28H,1-9,17-18H2,(H,19,25)(H,20,23)(H,21,24)(H,26,27)/t10-,11-,12-/m0/s1. The van der Waals surface area contributed by atoms with Crippen LogP contribution < -0.4 is 27.4 Å². The Balaban J connectivity index is 4.53. The molecule has 0 rings (SSSR count). The van der Waals surface area contributed by atoms with E-state index in [1.807, 2.05) is 0 Å². The fraction of sp³-hybridized carbons (Fsp3) is 0.750. The summed E-state index contributed by atoms with van der Waals surface area (Å²) in [6, 6.07) is -3.06. The largest absolute Gasteiger partial charge is 0.480 e. The van der Waals surface area contributed by atoms with Gasteiger partial charge in [-0.05, 0) is 25.8 Å². The number of unbranched alkanes of at least 4 members (excludes halogenated alkanes) is 1. The van der Waals surface area contributed by atoms with E-state index in [9.17, 15) is 24.3 Å². The third kappa shape index (κ3) is 11.1. The predicted molar refractivity (Wildman–Crippen MR) is 106 cm³/mol. The van der Waals surface area contributed by atoms with E-state index < -0.39 is 41.8 Å². The van der Waals surface area contributed by atoms with Gasteiger partial charge < -0.3 is 37.6 Å². The van der Waals surface area contributed by atoms with Crippen molar-refractivity contribution in [3.05, 3.63) is 0 Å². The molecule has 0 fully saturated rings. The molecule has 9 N–H and O–H groups in total. The van der Waals surface area contributed by atoms with Gasteiger partial charge in [-0.2, -0.15) is 12.6 Å². The lowest BCUT2D eigenvalue weighted by molar-refractivity contribution is -0.142. The van der Waals surface area contributed by atoms with E-state index in [4.69, 9.17) is 16.6 Å². The van der Waals surface area contributed by atoms with Crippen molar-refractivity contribution >= 4 is 36.3 Å². The highest BCUT2D eigenvalue weighted by Crippen LogP contribution is 2.03. The molecule has 3 atom stereocenters. The molecule has 0 aliphatic heterocycles. The number of carbonyl (C=O) groups excluding carboxylic acids is 3. The first-order chi connectivity index (χ1) is 13.3. The van der Waals surface area contributed by atoms with E-state index in [1.165, 1.54) is 0 Å². The maximum absolute atomic E-state index is 12.0. The Morgan fingerprint density at radius 3 is 2.21 bits per heavy atom. The Bertz CT molecular complexity index is 522. The molecule has 3 amide bonds. The van der Waals surface area contributed by atoms with Crippen LogP contribution in [0.2, 0.25) is 0 Å². The number of hydrogen-bond donors (Lipinski definition) is 8. The van der Waals surface area contributed by atoms with Crippen LogP contribution in [0.1, 0.15) is 32.1 Å². The van der Waals surface area contributed by atoms with Crippen LogP contribution in [0.3, 0.4) is 0 Å². The van der Waals surface area contributed by atoms with Gasteiger partial charge >= 0.3 is 5.97 Å². The second-order valence-corrected chi connectivity index (χ2v) is 6.51. The number of aliphatic hydroxyl groups excluding tert-OH is 1. The predicted octanol–water partition coefficient (Wildman–Crippen LogP) is -2.68. The Morgan fingerprint density at radius 2 is 1.68 bits per heavy atom. The number of hydrogen-bond acceptors (Lipinski definition) is 8. The van der Waals surface area contributed by atoms with E-state index in [0.717, 1.165) is 0 Å². The van der Waals surface area contributed by atoms with Gasteiger partial charge in [-0.3, -0.25) is 14.4 Å². The fourth-order valence-electron chi connectivity index (χ4n) is 2.21. The van der Waals surface area contributed by atoms with Crippen LogP contribution in [0.4, 0.5) is 0 Å². The number of nitrogens with one attached hydrogen (secondary N) is 3. The van der Waals surface area contributed by atoms with E-state index in [-0.39, 0.29) is 31.7 Å². The summed E-state index contributed by atoms with van der Waals surface area (Å²) in [5.74, 6) is -2.95. The molecule has 0 saturated heterocycles. The molecule has 0 radical (unpaired) electrons. The molecule has 0 aromatic rings. The molecule has 0 saturated carbocycles. The number of carboxylic acid groups (broad SMARTS) is 1. The third-order valence-corrected chi connectivity index (χ3v) is 4.19. The molecular weight excluding hydrogens is 390 g/mol. The van der Waals surface area contributed by atoms with Crippen LogP contribution >= 0.6 is 12.6 Å². The van der Waals surface area contributed by atoms with Gasteiger partial charge in [0, 0.05) is 18.7 Å². The lowest BCUT2D eigenvalue weighted by Crippen LogP contribution is -2.50. The molecular formula is C16H31N5O6S. The highest BCUT2D eigenvalue weighted by atomic mass is 32.1. The molecule has 162 valence electrons. The quantitative estimate of drug-likeness (QED) is 0.103. The molecule has 12 heteroatoms. The molecule has 0 aromatic heterocycles. The highest BCUT2D eigenvalue weighted by molar-refractivity contribution is 7.80. The molecule has 0 bridgehead atoms. The van der Waals surface area contributed by atoms with E-state index in [2.05, 4.69) is 28.6 Å². The number of aliphatic hydroxyl groups is 1. The SMILES string of the molecule is NCCCC[C@H](N)C(=O)N[C@@H](CCC(=O)N[C@@H](CS)C(=O)NCCO)C(=O)O. The Kier molecular flexibility index (Phi) is 14.1. The molecule has 11 nitrogen and oxygen atoms in total. The first-order valence-electron chi connectivity index (χ1n) is 9.04.